The van der Waals surface area contributed by atoms with Crippen LogP contribution in [0, 0.1) is 0 Å². The van der Waals surface area contributed by atoms with Crippen molar-refractivity contribution in [1.29, 1.82) is 0 Å². The van der Waals surface area contributed by atoms with Crippen molar-refractivity contribution >= 4 is 50.9 Å². The number of carbonyl (C=O) groups is 2. The summed E-state index contributed by atoms with van der Waals surface area (Å²) < 4.78 is 6.26. The highest BCUT2D eigenvalue weighted by atomic mass is 79.9. The number of halogens is 1. The summed E-state index contributed by atoms with van der Waals surface area (Å²) in [5.41, 5.74) is 3.36. The molecular formula is C24H19BrN2O3S. The molecule has 156 valence electrons. The molecule has 1 spiro atoms. The van der Waals surface area contributed by atoms with E-state index in [1.165, 1.54) is 11.8 Å². The van der Waals surface area contributed by atoms with E-state index in [1.807, 2.05) is 72.8 Å². The standard InChI is InChI=1S/C24H19BrN2O3S/c1-30-19-6-4-5-16(13-19)14-26-21-8-3-2-7-20(21)24(23(26)29)27(22(28)15-31-24)18-11-9-17(25)10-12-18/h2-13H,14-15H2,1H3/t24-/m1/s1. The lowest BCUT2D eigenvalue weighted by molar-refractivity contribution is -0.123. The quantitative estimate of drug-likeness (QED) is 0.515. The lowest BCUT2D eigenvalue weighted by atomic mass is 10.0. The third kappa shape index (κ3) is 3.15. The molecule has 1 saturated heterocycles. The number of hydrogen-bond donors (Lipinski definition) is 0. The molecule has 0 aromatic heterocycles. The Morgan fingerprint density at radius 1 is 1.03 bits per heavy atom. The molecule has 1 fully saturated rings. The van der Waals surface area contributed by atoms with E-state index in [9.17, 15) is 9.59 Å². The second kappa shape index (κ2) is 7.73. The zero-order valence-corrected chi connectivity index (χ0v) is 19.2. The second-order valence-corrected chi connectivity index (χ2v) is 9.48. The molecule has 1 atom stereocenters. The van der Waals surface area contributed by atoms with Crippen LogP contribution in [0.1, 0.15) is 11.1 Å². The van der Waals surface area contributed by atoms with E-state index in [0.717, 1.165) is 27.0 Å². The highest BCUT2D eigenvalue weighted by Gasteiger charge is 2.60. The van der Waals surface area contributed by atoms with Crippen LogP contribution in [-0.2, 0) is 21.0 Å². The number of hydrogen-bond acceptors (Lipinski definition) is 4. The Bertz CT molecular complexity index is 1180. The number of ether oxygens (including phenoxy) is 1. The van der Waals surface area contributed by atoms with Crippen molar-refractivity contribution in [2.45, 2.75) is 11.4 Å². The number of thioether (sulfide) groups is 1. The summed E-state index contributed by atoms with van der Waals surface area (Å²) in [4.78, 5) is 29.4. The summed E-state index contributed by atoms with van der Waals surface area (Å²) in [5, 5.41) is 0. The van der Waals surface area contributed by atoms with Crippen LogP contribution in [0.25, 0.3) is 0 Å². The van der Waals surface area contributed by atoms with Crippen molar-refractivity contribution in [3.8, 4) is 5.75 Å². The van der Waals surface area contributed by atoms with Gasteiger partial charge in [-0.1, -0.05) is 46.3 Å². The van der Waals surface area contributed by atoms with Gasteiger partial charge in [0, 0.05) is 15.7 Å². The number of para-hydroxylation sites is 1. The number of nitrogens with zero attached hydrogens (tertiary/aromatic N) is 2. The molecule has 0 aliphatic carbocycles. The van der Waals surface area contributed by atoms with Crippen molar-refractivity contribution in [2.24, 2.45) is 0 Å². The fourth-order valence-corrected chi connectivity index (χ4v) is 5.88. The number of fused-ring (bicyclic) bond motifs is 2. The van der Waals surface area contributed by atoms with Crippen LogP contribution in [0.5, 0.6) is 5.75 Å². The van der Waals surface area contributed by atoms with Crippen molar-refractivity contribution in [1.82, 2.24) is 0 Å². The molecule has 5 rings (SSSR count). The van der Waals surface area contributed by atoms with Crippen molar-refractivity contribution in [2.75, 3.05) is 22.7 Å². The predicted molar refractivity (Wildman–Crippen MR) is 126 cm³/mol. The normalized spacial score (nSPS) is 19.9. The Balaban J connectivity index is 1.61. The van der Waals surface area contributed by atoms with Crippen LogP contribution >= 0.6 is 27.7 Å². The van der Waals surface area contributed by atoms with Crippen LogP contribution in [0.2, 0.25) is 0 Å². The Hall–Kier alpha value is -2.77. The zero-order valence-electron chi connectivity index (χ0n) is 16.7. The largest absolute Gasteiger partial charge is 0.497 e. The summed E-state index contributed by atoms with van der Waals surface area (Å²) in [7, 11) is 1.63. The fraction of sp³-hybridized carbons (Fsp3) is 0.167. The van der Waals surface area contributed by atoms with E-state index in [-0.39, 0.29) is 17.6 Å². The molecular weight excluding hydrogens is 476 g/mol. The minimum atomic E-state index is -1.10. The summed E-state index contributed by atoms with van der Waals surface area (Å²) >= 11 is 4.84. The van der Waals surface area contributed by atoms with E-state index >= 15 is 0 Å². The number of benzene rings is 3. The van der Waals surface area contributed by atoms with Gasteiger partial charge in [-0.15, -0.1) is 11.8 Å². The average molecular weight is 495 g/mol. The van der Waals surface area contributed by atoms with Gasteiger partial charge in [0.1, 0.15) is 5.75 Å². The first-order chi connectivity index (χ1) is 15.0. The molecule has 0 N–H and O–H groups in total. The monoisotopic (exact) mass is 494 g/mol. The van der Waals surface area contributed by atoms with Gasteiger partial charge in [0.2, 0.25) is 10.8 Å². The molecule has 2 aliphatic heterocycles. The van der Waals surface area contributed by atoms with Gasteiger partial charge in [-0.3, -0.25) is 14.5 Å². The number of amides is 2. The maximum Gasteiger partial charge on any atom is 0.269 e. The first-order valence-electron chi connectivity index (χ1n) is 9.81. The van der Waals surface area contributed by atoms with Crippen LogP contribution in [0.15, 0.2) is 77.3 Å². The molecule has 0 radical (unpaired) electrons. The number of carbonyl (C=O) groups excluding carboxylic acids is 2. The van der Waals surface area contributed by atoms with Gasteiger partial charge in [-0.25, -0.2) is 0 Å². The first-order valence-corrected chi connectivity index (χ1v) is 11.6. The highest BCUT2D eigenvalue weighted by Crippen LogP contribution is 2.56. The summed E-state index contributed by atoms with van der Waals surface area (Å²) in [5.74, 6) is 0.825. The van der Waals surface area contributed by atoms with Gasteiger partial charge in [-0.2, -0.15) is 0 Å². The predicted octanol–water partition coefficient (Wildman–Crippen LogP) is 4.94. The lowest BCUT2D eigenvalue weighted by Gasteiger charge is -2.33. The Morgan fingerprint density at radius 2 is 1.81 bits per heavy atom. The second-order valence-electron chi connectivity index (χ2n) is 7.40. The molecule has 31 heavy (non-hydrogen) atoms. The number of anilines is 2. The topological polar surface area (TPSA) is 49.9 Å². The minimum absolute atomic E-state index is 0.0706. The molecule has 0 saturated carbocycles. The van der Waals surface area contributed by atoms with Gasteiger partial charge in [0.05, 0.1) is 25.1 Å². The van der Waals surface area contributed by atoms with Gasteiger partial charge < -0.3 is 9.64 Å². The van der Waals surface area contributed by atoms with E-state index in [4.69, 9.17) is 4.74 Å². The Labute approximate surface area is 193 Å². The van der Waals surface area contributed by atoms with Crippen molar-refractivity contribution in [3.05, 3.63) is 88.4 Å². The summed E-state index contributed by atoms with van der Waals surface area (Å²) in [6, 6.07) is 23.0. The van der Waals surface area contributed by atoms with E-state index in [0.29, 0.717) is 12.2 Å². The van der Waals surface area contributed by atoms with Crippen LogP contribution in [0.3, 0.4) is 0 Å². The summed E-state index contributed by atoms with van der Waals surface area (Å²) in [6.07, 6.45) is 0. The van der Waals surface area contributed by atoms with E-state index in [1.54, 1.807) is 16.9 Å². The molecule has 2 amide bonds. The van der Waals surface area contributed by atoms with Gasteiger partial charge >= 0.3 is 0 Å². The lowest BCUT2D eigenvalue weighted by Crippen LogP contribution is -2.49. The van der Waals surface area contributed by atoms with Crippen LogP contribution < -0.4 is 14.5 Å². The third-order valence-corrected chi connectivity index (χ3v) is 7.54. The van der Waals surface area contributed by atoms with Gasteiger partial charge in [-0.05, 0) is 48.0 Å². The third-order valence-electron chi connectivity index (χ3n) is 5.62. The smallest absolute Gasteiger partial charge is 0.269 e. The van der Waals surface area contributed by atoms with Crippen LogP contribution in [-0.4, -0.2) is 24.7 Å². The van der Waals surface area contributed by atoms with E-state index < -0.39 is 4.87 Å². The number of methoxy groups -OCH3 is 1. The average Bonchev–Trinajstić information content (AvgIpc) is 3.26. The molecule has 0 unspecified atom stereocenters. The maximum atomic E-state index is 14.0. The molecule has 5 nitrogen and oxygen atoms in total. The van der Waals surface area contributed by atoms with Gasteiger partial charge in [0.15, 0.2) is 0 Å². The van der Waals surface area contributed by atoms with E-state index in [2.05, 4.69) is 15.9 Å². The molecule has 7 heteroatoms. The Morgan fingerprint density at radius 3 is 2.58 bits per heavy atom. The molecule has 0 bridgehead atoms. The minimum Gasteiger partial charge on any atom is -0.497 e. The van der Waals surface area contributed by atoms with Gasteiger partial charge in [0.25, 0.3) is 5.91 Å². The van der Waals surface area contributed by atoms with Crippen molar-refractivity contribution in [3.63, 3.8) is 0 Å². The SMILES string of the molecule is COc1cccc(CN2C(=O)[C@]3(SCC(=O)N3c3ccc(Br)cc3)c3ccccc32)c1. The summed E-state index contributed by atoms with van der Waals surface area (Å²) in [6.45, 7) is 0.401. The Kier molecular flexibility index (Phi) is 5.02. The zero-order chi connectivity index (χ0) is 21.6. The number of rotatable bonds is 4. The molecule has 2 heterocycles. The maximum absolute atomic E-state index is 14.0. The highest BCUT2D eigenvalue weighted by molar-refractivity contribution is 9.10. The molecule has 3 aromatic rings. The first kappa shape index (κ1) is 20.2. The molecule has 3 aromatic carbocycles. The van der Waals surface area contributed by atoms with Crippen molar-refractivity contribution < 1.29 is 14.3 Å². The fourth-order valence-electron chi connectivity index (χ4n) is 4.26. The molecule has 2 aliphatic rings. The van der Waals surface area contributed by atoms with Crippen LogP contribution in [0.4, 0.5) is 11.4 Å².